The Morgan fingerprint density at radius 3 is 2.59 bits per heavy atom. The molecule has 8 heteroatoms. The van der Waals surface area contributed by atoms with Crippen molar-refractivity contribution in [1.82, 2.24) is 4.98 Å². The molecule has 2 aromatic carbocycles. The number of amides is 1. The van der Waals surface area contributed by atoms with Gasteiger partial charge in [-0.05, 0) is 29.8 Å². The van der Waals surface area contributed by atoms with Crippen LogP contribution in [0.5, 0.6) is 11.5 Å². The van der Waals surface area contributed by atoms with Gasteiger partial charge in [0.1, 0.15) is 17.3 Å². The van der Waals surface area contributed by atoms with Gasteiger partial charge in [0, 0.05) is 17.1 Å². The van der Waals surface area contributed by atoms with Crippen LogP contribution in [0.4, 0.5) is 5.13 Å². The molecule has 0 spiro atoms. The van der Waals surface area contributed by atoms with E-state index in [0.717, 1.165) is 0 Å². The number of ketones is 1. The van der Waals surface area contributed by atoms with Gasteiger partial charge in [-0.2, -0.15) is 0 Å². The van der Waals surface area contributed by atoms with Crippen LogP contribution in [0.1, 0.15) is 17.2 Å². The molecular formula is C21H16N2O5S. The quantitative estimate of drug-likeness (QED) is 0.389. The number of phenolic OH excluding ortho intramolecular Hbond substituents is 1. The third-order valence-electron chi connectivity index (χ3n) is 4.62. The molecule has 1 aromatic heterocycles. The molecule has 1 amide bonds. The van der Waals surface area contributed by atoms with Crippen LogP contribution in [-0.4, -0.2) is 34.0 Å². The maximum Gasteiger partial charge on any atom is 0.301 e. The zero-order valence-corrected chi connectivity index (χ0v) is 16.1. The van der Waals surface area contributed by atoms with Gasteiger partial charge in [0.25, 0.3) is 5.78 Å². The van der Waals surface area contributed by atoms with Crippen LogP contribution < -0.4 is 9.64 Å². The molecule has 29 heavy (non-hydrogen) atoms. The van der Waals surface area contributed by atoms with E-state index in [9.17, 15) is 19.8 Å². The SMILES string of the molecule is COc1cccc(C(O)=C2C(=O)C(=O)N(c3nccs3)C2c2ccc(O)cc2)c1. The zero-order valence-electron chi connectivity index (χ0n) is 15.3. The van der Waals surface area contributed by atoms with Crippen molar-refractivity contribution in [3.8, 4) is 11.5 Å². The number of thiazole rings is 1. The molecule has 2 N–H and O–H groups in total. The smallest absolute Gasteiger partial charge is 0.301 e. The number of aromatic hydroxyl groups is 1. The Bertz CT molecular complexity index is 1110. The van der Waals surface area contributed by atoms with Gasteiger partial charge >= 0.3 is 5.91 Å². The predicted octanol–water partition coefficient (Wildman–Crippen LogP) is 3.48. The van der Waals surface area contributed by atoms with Gasteiger partial charge in [0.05, 0.1) is 18.7 Å². The maximum atomic E-state index is 12.9. The number of methoxy groups -OCH3 is 1. The predicted molar refractivity (Wildman–Crippen MR) is 108 cm³/mol. The van der Waals surface area contributed by atoms with Gasteiger partial charge in [-0.3, -0.25) is 14.5 Å². The summed E-state index contributed by atoms with van der Waals surface area (Å²) in [7, 11) is 1.50. The fourth-order valence-electron chi connectivity index (χ4n) is 3.26. The summed E-state index contributed by atoms with van der Waals surface area (Å²) in [5, 5.41) is 22.7. The zero-order chi connectivity index (χ0) is 20.5. The highest BCUT2D eigenvalue weighted by molar-refractivity contribution is 7.14. The van der Waals surface area contributed by atoms with E-state index in [1.165, 1.54) is 41.7 Å². The van der Waals surface area contributed by atoms with Crippen molar-refractivity contribution in [2.75, 3.05) is 12.0 Å². The van der Waals surface area contributed by atoms with Crippen LogP contribution in [0.2, 0.25) is 0 Å². The minimum absolute atomic E-state index is 0.0488. The van der Waals surface area contributed by atoms with Crippen molar-refractivity contribution < 1.29 is 24.5 Å². The van der Waals surface area contributed by atoms with E-state index in [-0.39, 0.29) is 17.1 Å². The molecule has 0 radical (unpaired) electrons. The summed E-state index contributed by atoms with van der Waals surface area (Å²) in [6.45, 7) is 0. The van der Waals surface area contributed by atoms with E-state index < -0.39 is 17.7 Å². The highest BCUT2D eigenvalue weighted by Crippen LogP contribution is 2.43. The topological polar surface area (TPSA) is 100.0 Å². The molecule has 1 saturated heterocycles. The number of hydrogen-bond acceptors (Lipinski definition) is 7. The summed E-state index contributed by atoms with van der Waals surface area (Å²) >= 11 is 1.21. The van der Waals surface area contributed by atoms with Gasteiger partial charge in [-0.1, -0.05) is 24.3 Å². The lowest BCUT2D eigenvalue weighted by Crippen LogP contribution is -2.29. The summed E-state index contributed by atoms with van der Waals surface area (Å²) in [4.78, 5) is 31.2. The monoisotopic (exact) mass is 408 g/mol. The number of phenols is 1. The highest BCUT2D eigenvalue weighted by Gasteiger charge is 2.47. The van der Waals surface area contributed by atoms with E-state index in [4.69, 9.17) is 4.74 Å². The van der Waals surface area contributed by atoms with Gasteiger partial charge in [-0.25, -0.2) is 4.98 Å². The Kier molecular flexibility index (Phi) is 4.77. The number of carbonyl (C=O) groups is 2. The molecule has 146 valence electrons. The van der Waals surface area contributed by atoms with Crippen molar-refractivity contribution in [3.05, 3.63) is 76.8 Å². The van der Waals surface area contributed by atoms with Crippen molar-refractivity contribution in [3.63, 3.8) is 0 Å². The van der Waals surface area contributed by atoms with Crippen molar-refractivity contribution >= 4 is 33.9 Å². The summed E-state index contributed by atoms with van der Waals surface area (Å²) in [6.07, 6.45) is 1.54. The van der Waals surface area contributed by atoms with Gasteiger partial charge in [-0.15, -0.1) is 11.3 Å². The lowest BCUT2D eigenvalue weighted by atomic mass is 9.95. The lowest BCUT2D eigenvalue weighted by molar-refractivity contribution is -0.132. The minimum atomic E-state index is -0.882. The molecule has 1 fully saturated rings. The second kappa shape index (κ2) is 7.40. The molecular weight excluding hydrogens is 392 g/mol. The highest BCUT2D eigenvalue weighted by atomic mass is 32.1. The van der Waals surface area contributed by atoms with Crippen LogP contribution >= 0.6 is 11.3 Å². The molecule has 1 unspecified atom stereocenters. The Hall–Kier alpha value is -3.65. The first-order valence-electron chi connectivity index (χ1n) is 8.65. The number of aliphatic hydroxyl groups is 1. The van der Waals surface area contributed by atoms with Crippen molar-refractivity contribution in [2.24, 2.45) is 0 Å². The minimum Gasteiger partial charge on any atom is -0.508 e. The molecule has 4 rings (SSSR count). The van der Waals surface area contributed by atoms with Gasteiger partial charge in [0.2, 0.25) is 0 Å². The number of carbonyl (C=O) groups excluding carboxylic acids is 2. The molecule has 1 atom stereocenters. The molecule has 0 saturated carbocycles. The number of aliphatic hydroxyl groups excluding tert-OH is 1. The third kappa shape index (κ3) is 3.23. The number of hydrogen-bond donors (Lipinski definition) is 2. The van der Waals surface area contributed by atoms with E-state index in [2.05, 4.69) is 4.98 Å². The average molecular weight is 408 g/mol. The number of nitrogens with zero attached hydrogens (tertiary/aromatic N) is 2. The van der Waals surface area contributed by atoms with E-state index in [1.807, 2.05) is 0 Å². The Morgan fingerprint density at radius 2 is 1.93 bits per heavy atom. The number of Topliss-reactive ketones (excluding diaryl/α,β-unsaturated/α-hetero) is 1. The Balaban J connectivity index is 1.93. The van der Waals surface area contributed by atoms with Gasteiger partial charge < -0.3 is 14.9 Å². The van der Waals surface area contributed by atoms with Crippen molar-refractivity contribution in [2.45, 2.75) is 6.04 Å². The fourth-order valence-corrected chi connectivity index (χ4v) is 3.93. The third-order valence-corrected chi connectivity index (χ3v) is 5.39. The first-order valence-corrected chi connectivity index (χ1v) is 9.53. The summed E-state index contributed by atoms with van der Waals surface area (Å²) in [5.41, 5.74) is 0.857. The van der Waals surface area contributed by atoms with Crippen LogP contribution in [0.25, 0.3) is 5.76 Å². The van der Waals surface area contributed by atoms with Gasteiger partial charge in [0.15, 0.2) is 5.13 Å². The second-order valence-electron chi connectivity index (χ2n) is 6.31. The number of benzene rings is 2. The maximum absolute atomic E-state index is 12.9. The van der Waals surface area contributed by atoms with Crippen LogP contribution in [-0.2, 0) is 9.59 Å². The van der Waals surface area contributed by atoms with E-state index >= 15 is 0 Å². The molecule has 0 bridgehead atoms. The summed E-state index contributed by atoms with van der Waals surface area (Å²) in [5.74, 6) is -1.34. The Morgan fingerprint density at radius 1 is 1.17 bits per heavy atom. The second-order valence-corrected chi connectivity index (χ2v) is 7.18. The van der Waals surface area contributed by atoms with E-state index in [0.29, 0.717) is 22.0 Å². The van der Waals surface area contributed by atoms with Crippen molar-refractivity contribution in [1.29, 1.82) is 0 Å². The first-order chi connectivity index (χ1) is 14.0. The van der Waals surface area contributed by atoms with Crippen LogP contribution in [0, 0.1) is 0 Å². The number of ether oxygens (including phenoxy) is 1. The molecule has 7 nitrogen and oxygen atoms in total. The molecule has 2 heterocycles. The normalized spacial score (nSPS) is 18.2. The lowest BCUT2D eigenvalue weighted by Gasteiger charge is -2.23. The molecule has 0 aliphatic carbocycles. The molecule has 1 aliphatic rings. The average Bonchev–Trinajstić information content (AvgIpc) is 3.35. The fraction of sp³-hybridized carbons (Fsp3) is 0.0952. The van der Waals surface area contributed by atoms with Crippen LogP contribution in [0.3, 0.4) is 0 Å². The number of rotatable bonds is 4. The number of aromatic nitrogens is 1. The summed E-state index contributed by atoms with van der Waals surface area (Å²) < 4.78 is 5.19. The standard InChI is InChI=1S/C21H16N2O5S/c1-28-15-4-2-3-13(11-15)18(25)16-17(12-5-7-14(24)8-6-12)23(20(27)19(16)26)21-22-9-10-29-21/h2-11,17,24-25H,1H3. The number of anilines is 1. The molecule has 3 aromatic rings. The van der Waals surface area contributed by atoms with E-state index in [1.54, 1.807) is 41.8 Å². The largest absolute Gasteiger partial charge is 0.508 e. The van der Waals surface area contributed by atoms with Crippen LogP contribution in [0.15, 0.2) is 65.7 Å². The summed E-state index contributed by atoms with van der Waals surface area (Å²) in [6, 6.07) is 11.8. The molecule has 1 aliphatic heterocycles. The first kappa shape index (κ1) is 18.7. The Labute approximate surface area is 170 Å².